The van der Waals surface area contributed by atoms with E-state index in [1.165, 1.54) is 27.3 Å². The molecule has 7 heavy (non-hydrogen) atoms. The van der Waals surface area contributed by atoms with Gasteiger partial charge in [-0.2, -0.15) is 0 Å². The van der Waals surface area contributed by atoms with Gasteiger partial charge in [0.05, 0.1) is 0 Å². The van der Waals surface area contributed by atoms with Crippen LogP contribution in [0.3, 0.4) is 0 Å². The third kappa shape index (κ3) is 6.86. The molecule has 0 spiro atoms. The van der Waals surface area contributed by atoms with Gasteiger partial charge in [-0.05, 0) is 35.8 Å². The van der Waals surface area contributed by atoms with Gasteiger partial charge in [0.1, 0.15) is 0 Å². The monoisotopic (exact) mass is 134 g/mol. The fraction of sp³-hybridized carbons (Fsp3) is 1.00. The first-order valence-electron chi connectivity index (χ1n) is 2.67. The lowest BCUT2D eigenvalue weighted by molar-refractivity contribution is 0.896. The summed E-state index contributed by atoms with van der Waals surface area (Å²) in [5.74, 6) is 0. The van der Waals surface area contributed by atoms with E-state index in [1.807, 2.05) is 0 Å². The zero-order chi connectivity index (χ0) is 5.54. The molecule has 0 amide bonds. The molecule has 0 aromatic rings. The Bertz CT molecular complexity index is 25.3. The van der Waals surface area contributed by atoms with E-state index in [1.54, 1.807) is 8.27 Å². The average Bonchev–Trinajstić information content (AvgIpc) is 1.69. The van der Waals surface area contributed by atoms with Gasteiger partial charge in [0, 0.05) is 0 Å². The van der Waals surface area contributed by atoms with E-state index >= 15 is 0 Å². The summed E-state index contributed by atoms with van der Waals surface area (Å²) in [5.41, 5.74) is 0. The van der Waals surface area contributed by atoms with Crippen LogP contribution in [0.15, 0.2) is 0 Å². The highest BCUT2D eigenvalue weighted by Crippen LogP contribution is 2.33. The largest absolute Gasteiger partial charge is 0.0654 e. The molecule has 0 nitrogen and oxygen atoms in total. The molecule has 42 valence electrons. The molecule has 0 heterocycles. The minimum Gasteiger partial charge on any atom is -0.0654 e. The Labute approximate surface area is 49.9 Å². The van der Waals surface area contributed by atoms with Crippen molar-refractivity contribution in [3.05, 3.63) is 0 Å². The van der Waals surface area contributed by atoms with Crippen molar-refractivity contribution >= 4 is 16.5 Å². The van der Waals surface area contributed by atoms with Crippen molar-refractivity contribution < 1.29 is 0 Å². The van der Waals surface area contributed by atoms with Crippen LogP contribution >= 0.6 is 16.5 Å². The van der Waals surface area contributed by atoms with E-state index in [0.717, 1.165) is 0 Å². The molecule has 0 fully saturated rings. The number of unbranched alkanes of at least 4 members (excludes halogenated alkanes) is 1. The molecule has 0 atom stereocenters. The smallest absolute Gasteiger partial charge is 0.0242 e. The summed E-state index contributed by atoms with van der Waals surface area (Å²) in [5, 5.41) is 0. The quantitative estimate of drug-likeness (QED) is 0.409. The second-order valence-corrected chi connectivity index (χ2v) is 4.60. The molecule has 0 rings (SSSR count). The Morgan fingerprint density at radius 2 is 2.14 bits per heavy atom. The molecule has 0 unspecified atom stereocenters. The van der Waals surface area contributed by atoms with Gasteiger partial charge >= 0.3 is 0 Å². The van der Waals surface area contributed by atoms with Crippen LogP contribution < -0.4 is 0 Å². The molecule has 0 aliphatic rings. The lowest BCUT2D eigenvalue weighted by atomic mass is 10.4. The molecule has 0 aromatic heterocycles. The molecule has 2 radical (unpaired) electrons. The molecular formula is C5H12P2. The van der Waals surface area contributed by atoms with Gasteiger partial charge in [0.15, 0.2) is 0 Å². The van der Waals surface area contributed by atoms with E-state index in [4.69, 9.17) is 0 Å². The first-order chi connectivity index (χ1) is 3.41. The first-order valence-corrected chi connectivity index (χ1v) is 5.80. The standard InChI is InChI=1S/C5H12P2/c1-3-4-5-7-6-2/h3-5H2,1-2H3. The second-order valence-electron chi connectivity index (χ2n) is 1.42. The lowest BCUT2D eigenvalue weighted by Crippen LogP contribution is -1.67. The maximum atomic E-state index is 2.24. The first kappa shape index (κ1) is 7.86. The molecule has 0 bridgehead atoms. The third-order valence-corrected chi connectivity index (χ3v) is 3.00. The molecular weight excluding hydrogens is 122 g/mol. The highest BCUT2D eigenvalue weighted by molar-refractivity contribution is 8.11. The van der Waals surface area contributed by atoms with E-state index in [0.29, 0.717) is 0 Å². The summed E-state index contributed by atoms with van der Waals surface area (Å²) < 4.78 is 0. The van der Waals surface area contributed by atoms with Crippen molar-refractivity contribution in [3.8, 4) is 0 Å². The van der Waals surface area contributed by atoms with Crippen LogP contribution in [0.5, 0.6) is 0 Å². The van der Waals surface area contributed by atoms with Crippen LogP contribution in [0.4, 0.5) is 0 Å². The van der Waals surface area contributed by atoms with Gasteiger partial charge in [-0.15, -0.1) is 0 Å². The molecule has 0 saturated carbocycles. The number of hydrogen-bond acceptors (Lipinski definition) is 0. The van der Waals surface area contributed by atoms with Crippen molar-refractivity contribution in [2.24, 2.45) is 0 Å². The summed E-state index contributed by atoms with van der Waals surface area (Å²) in [6.45, 7) is 4.44. The number of rotatable bonds is 4. The lowest BCUT2D eigenvalue weighted by Gasteiger charge is -1.89. The molecule has 0 saturated heterocycles. The fourth-order valence-electron chi connectivity index (χ4n) is 0.329. The van der Waals surface area contributed by atoms with E-state index in [-0.39, 0.29) is 0 Å². The highest BCUT2D eigenvalue weighted by atomic mass is 32.0. The third-order valence-electron chi connectivity index (χ3n) is 0.753. The molecule has 0 aromatic carbocycles. The van der Waals surface area contributed by atoms with Gasteiger partial charge in [-0.25, -0.2) is 0 Å². The van der Waals surface area contributed by atoms with Gasteiger partial charge in [-0.1, -0.05) is 13.3 Å². The topological polar surface area (TPSA) is 0 Å². The Balaban J connectivity index is 2.45. The van der Waals surface area contributed by atoms with Crippen LogP contribution in [-0.4, -0.2) is 12.8 Å². The highest BCUT2D eigenvalue weighted by Gasteiger charge is 1.81. The average molecular weight is 134 g/mol. The van der Waals surface area contributed by atoms with Gasteiger partial charge < -0.3 is 0 Å². The van der Waals surface area contributed by atoms with Crippen LogP contribution in [0.2, 0.25) is 0 Å². The summed E-state index contributed by atoms with van der Waals surface area (Å²) in [6.07, 6.45) is 4.15. The zero-order valence-electron chi connectivity index (χ0n) is 5.02. The van der Waals surface area contributed by atoms with E-state index < -0.39 is 0 Å². The Hall–Kier alpha value is 0.860. The summed E-state index contributed by atoms with van der Waals surface area (Å²) >= 11 is 0. The van der Waals surface area contributed by atoms with Crippen LogP contribution in [-0.2, 0) is 0 Å². The van der Waals surface area contributed by atoms with Gasteiger partial charge in [0.2, 0.25) is 0 Å². The van der Waals surface area contributed by atoms with Crippen molar-refractivity contribution in [1.29, 1.82) is 0 Å². The molecule has 0 aliphatic heterocycles. The van der Waals surface area contributed by atoms with Crippen molar-refractivity contribution in [3.63, 3.8) is 0 Å². The van der Waals surface area contributed by atoms with Gasteiger partial charge in [0.25, 0.3) is 0 Å². The number of hydrogen-bond donors (Lipinski definition) is 0. The zero-order valence-corrected chi connectivity index (χ0v) is 6.80. The minimum atomic E-state index is 1.35. The van der Waals surface area contributed by atoms with Gasteiger partial charge in [-0.3, -0.25) is 0 Å². The molecule has 2 heteroatoms. The maximum Gasteiger partial charge on any atom is -0.0242 e. The Morgan fingerprint density at radius 3 is 2.57 bits per heavy atom. The Kier molecular flexibility index (Phi) is 7.70. The second kappa shape index (κ2) is 6.86. The van der Waals surface area contributed by atoms with Crippen molar-refractivity contribution in [1.82, 2.24) is 0 Å². The molecule has 0 aliphatic carbocycles. The summed E-state index contributed by atoms with van der Waals surface area (Å²) in [7, 11) is 3.13. The predicted octanol–water partition coefficient (Wildman–Crippen LogP) is 3.22. The van der Waals surface area contributed by atoms with Crippen LogP contribution in [0.25, 0.3) is 0 Å². The normalized spacial score (nSPS) is 12.9. The summed E-state index contributed by atoms with van der Waals surface area (Å²) in [6, 6.07) is 0. The van der Waals surface area contributed by atoms with E-state index in [9.17, 15) is 0 Å². The van der Waals surface area contributed by atoms with Crippen molar-refractivity contribution in [2.75, 3.05) is 12.8 Å². The molecule has 0 N–H and O–H groups in total. The maximum absolute atomic E-state index is 2.24. The van der Waals surface area contributed by atoms with Crippen molar-refractivity contribution in [2.45, 2.75) is 19.8 Å². The predicted molar refractivity (Wildman–Crippen MR) is 39.5 cm³/mol. The SMILES string of the molecule is CCCC[P][P]C. The Morgan fingerprint density at radius 1 is 1.43 bits per heavy atom. The van der Waals surface area contributed by atoms with Crippen LogP contribution in [0.1, 0.15) is 19.8 Å². The summed E-state index contributed by atoms with van der Waals surface area (Å²) in [4.78, 5) is 0. The van der Waals surface area contributed by atoms with E-state index in [2.05, 4.69) is 13.6 Å². The van der Waals surface area contributed by atoms with Crippen LogP contribution in [0, 0.1) is 0 Å². The fourth-order valence-corrected chi connectivity index (χ4v) is 2.01. The minimum absolute atomic E-state index is 1.35.